The highest BCUT2D eigenvalue weighted by molar-refractivity contribution is 6.17. The van der Waals surface area contributed by atoms with Crippen molar-refractivity contribution < 1.29 is 0 Å². The summed E-state index contributed by atoms with van der Waals surface area (Å²) in [5.74, 6) is 1.58. The van der Waals surface area contributed by atoms with Crippen LogP contribution in [0.3, 0.4) is 0 Å². The molecule has 0 aliphatic heterocycles. The van der Waals surface area contributed by atoms with E-state index in [0.717, 1.165) is 16.9 Å². The Bertz CT molecular complexity index is 591. The maximum Gasteiger partial charge on any atom is 0.133 e. The number of rotatable bonds is 3. The van der Waals surface area contributed by atoms with Gasteiger partial charge in [0.2, 0.25) is 0 Å². The maximum absolute atomic E-state index is 6.15. The molecule has 0 spiro atoms. The first kappa shape index (κ1) is 13.7. The molecule has 1 heterocycles. The van der Waals surface area contributed by atoms with Crippen molar-refractivity contribution in [3.63, 3.8) is 0 Å². The lowest BCUT2D eigenvalue weighted by Crippen LogP contribution is -2.34. The second-order valence-electron chi connectivity index (χ2n) is 5.70. The fourth-order valence-corrected chi connectivity index (χ4v) is 3.39. The van der Waals surface area contributed by atoms with Gasteiger partial charge in [-0.2, -0.15) is 0 Å². The molecule has 2 aromatic rings. The Kier molecular flexibility index (Phi) is 4.11. The molecule has 0 N–H and O–H groups in total. The lowest BCUT2D eigenvalue weighted by molar-refractivity contribution is 0.426. The summed E-state index contributed by atoms with van der Waals surface area (Å²) in [6, 6.07) is 11.1. The van der Waals surface area contributed by atoms with Crippen molar-refractivity contribution in [1.29, 1.82) is 0 Å². The molecular weight excluding hydrogens is 268 g/mol. The Morgan fingerprint density at radius 2 is 1.95 bits per heavy atom. The lowest BCUT2D eigenvalue weighted by Gasteiger charge is -2.33. The van der Waals surface area contributed by atoms with Gasteiger partial charge in [-0.05, 0) is 25.0 Å². The second kappa shape index (κ2) is 6.01. The first-order chi connectivity index (χ1) is 9.79. The minimum Gasteiger partial charge on any atom is -0.356 e. The molecule has 0 bridgehead atoms. The molecule has 0 radical (unpaired) electrons. The van der Waals surface area contributed by atoms with Crippen LogP contribution in [0.4, 0.5) is 5.82 Å². The van der Waals surface area contributed by atoms with E-state index in [2.05, 4.69) is 30.1 Å². The highest BCUT2D eigenvalue weighted by Crippen LogP contribution is 2.30. The summed E-state index contributed by atoms with van der Waals surface area (Å²) in [6.45, 7) is 0. The Labute approximate surface area is 125 Å². The number of alkyl halides is 1. The number of hydrogen-bond acceptors (Lipinski definition) is 2. The van der Waals surface area contributed by atoms with E-state index < -0.39 is 0 Å². The molecule has 2 nitrogen and oxygen atoms in total. The van der Waals surface area contributed by atoms with Crippen molar-refractivity contribution in [2.75, 3.05) is 11.9 Å². The van der Waals surface area contributed by atoms with Crippen LogP contribution < -0.4 is 4.90 Å². The monoisotopic (exact) mass is 288 g/mol. The van der Waals surface area contributed by atoms with E-state index in [1.54, 1.807) is 0 Å². The molecule has 0 amide bonds. The van der Waals surface area contributed by atoms with Gasteiger partial charge in [0.05, 0.1) is 11.4 Å². The van der Waals surface area contributed by atoms with Gasteiger partial charge in [0.15, 0.2) is 0 Å². The molecule has 0 saturated heterocycles. The van der Waals surface area contributed by atoms with E-state index in [1.807, 2.05) is 12.1 Å². The fourth-order valence-electron chi connectivity index (χ4n) is 3.19. The van der Waals surface area contributed by atoms with Crippen molar-refractivity contribution in [3.8, 4) is 0 Å². The lowest BCUT2D eigenvalue weighted by atomic mass is 9.94. The summed E-state index contributed by atoms with van der Waals surface area (Å²) in [4.78, 5) is 7.21. The smallest absolute Gasteiger partial charge is 0.133 e. The molecule has 20 heavy (non-hydrogen) atoms. The van der Waals surface area contributed by atoms with Gasteiger partial charge in [-0.15, -0.1) is 11.6 Å². The minimum absolute atomic E-state index is 0.518. The zero-order valence-electron chi connectivity index (χ0n) is 12.0. The number of fused-ring (bicyclic) bond motifs is 1. The highest BCUT2D eigenvalue weighted by Gasteiger charge is 2.21. The van der Waals surface area contributed by atoms with Crippen LogP contribution in [0.1, 0.15) is 37.7 Å². The molecule has 1 aromatic heterocycles. The van der Waals surface area contributed by atoms with E-state index in [4.69, 9.17) is 16.6 Å². The average Bonchev–Trinajstić information content (AvgIpc) is 2.53. The third-order valence-electron chi connectivity index (χ3n) is 4.38. The van der Waals surface area contributed by atoms with Gasteiger partial charge in [-0.25, -0.2) is 4.98 Å². The van der Waals surface area contributed by atoms with Crippen LogP contribution in [0, 0.1) is 0 Å². The van der Waals surface area contributed by atoms with E-state index in [1.165, 1.54) is 37.5 Å². The first-order valence-electron chi connectivity index (χ1n) is 7.47. The van der Waals surface area contributed by atoms with Crippen LogP contribution in [-0.2, 0) is 5.88 Å². The van der Waals surface area contributed by atoms with Crippen molar-refractivity contribution in [2.45, 2.75) is 44.0 Å². The summed E-state index contributed by atoms with van der Waals surface area (Å²) < 4.78 is 0. The zero-order valence-corrected chi connectivity index (χ0v) is 12.7. The zero-order chi connectivity index (χ0) is 13.9. The van der Waals surface area contributed by atoms with Gasteiger partial charge in [0.25, 0.3) is 0 Å². The molecule has 3 rings (SSSR count). The molecule has 1 aliphatic rings. The van der Waals surface area contributed by atoms with Gasteiger partial charge in [-0.1, -0.05) is 37.5 Å². The average molecular weight is 289 g/mol. The van der Waals surface area contributed by atoms with Crippen molar-refractivity contribution >= 4 is 28.3 Å². The normalized spacial score (nSPS) is 16.5. The number of pyridine rings is 1. The van der Waals surface area contributed by atoms with Crippen LogP contribution in [-0.4, -0.2) is 18.1 Å². The summed E-state index contributed by atoms with van der Waals surface area (Å²) in [7, 11) is 2.17. The summed E-state index contributed by atoms with van der Waals surface area (Å²) in [5.41, 5.74) is 2.19. The molecule has 0 atom stereocenters. The number of nitrogens with zero attached hydrogens (tertiary/aromatic N) is 2. The Morgan fingerprint density at radius 3 is 2.70 bits per heavy atom. The van der Waals surface area contributed by atoms with Gasteiger partial charge in [0.1, 0.15) is 5.82 Å². The number of anilines is 1. The van der Waals surface area contributed by atoms with E-state index >= 15 is 0 Å². The molecule has 1 aliphatic carbocycles. The minimum atomic E-state index is 0.518. The summed E-state index contributed by atoms with van der Waals surface area (Å²) >= 11 is 6.15. The van der Waals surface area contributed by atoms with Crippen LogP contribution in [0.2, 0.25) is 0 Å². The Hall–Kier alpha value is -1.28. The van der Waals surface area contributed by atoms with Gasteiger partial charge >= 0.3 is 0 Å². The van der Waals surface area contributed by atoms with Gasteiger partial charge in [0, 0.05) is 24.0 Å². The number of benzene rings is 1. The van der Waals surface area contributed by atoms with E-state index in [-0.39, 0.29) is 0 Å². The van der Waals surface area contributed by atoms with Gasteiger partial charge in [-0.3, -0.25) is 0 Å². The molecule has 106 valence electrons. The number of halogens is 1. The van der Waals surface area contributed by atoms with E-state index in [9.17, 15) is 0 Å². The van der Waals surface area contributed by atoms with Crippen LogP contribution in [0.25, 0.3) is 10.9 Å². The Morgan fingerprint density at radius 1 is 1.20 bits per heavy atom. The summed E-state index contributed by atoms with van der Waals surface area (Å²) in [6.07, 6.45) is 6.58. The topological polar surface area (TPSA) is 16.1 Å². The van der Waals surface area contributed by atoms with Crippen LogP contribution >= 0.6 is 11.6 Å². The molecule has 3 heteroatoms. The number of aromatic nitrogens is 1. The van der Waals surface area contributed by atoms with Gasteiger partial charge < -0.3 is 4.90 Å². The molecule has 1 saturated carbocycles. The number of hydrogen-bond donors (Lipinski definition) is 0. The third-order valence-corrected chi connectivity index (χ3v) is 4.67. The Balaban J connectivity index is 1.99. The quantitative estimate of drug-likeness (QED) is 0.758. The van der Waals surface area contributed by atoms with Crippen molar-refractivity contribution in [1.82, 2.24) is 4.98 Å². The fraction of sp³-hybridized carbons (Fsp3) is 0.471. The highest BCUT2D eigenvalue weighted by atomic mass is 35.5. The molecular formula is C17H21ClN2. The maximum atomic E-state index is 6.15. The second-order valence-corrected chi connectivity index (χ2v) is 5.97. The van der Waals surface area contributed by atoms with Crippen LogP contribution in [0.15, 0.2) is 30.3 Å². The molecule has 1 aromatic carbocycles. The number of para-hydroxylation sites is 1. The van der Waals surface area contributed by atoms with Crippen molar-refractivity contribution in [2.24, 2.45) is 0 Å². The molecule has 1 fully saturated rings. The van der Waals surface area contributed by atoms with Crippen molar-refractivity contribution in [3.05, 3.63) is 35.9 Å². The first-order valence-corrected chi connectivity index (χ1v) is 8.00. The SMILES string of the molecule is CN(c1nc2ccccc2cc1CCl)C1CCCCC1. The molecule has 0 unspecified atom stereocenters. The van der Waals surface area contributed by atoms with Crippen LogP contribution in [0.5, 0.6) is 0 Å². The predicted octanol–water partition coefficient (Wildman–Crippen LogP) is 4.74. The standard InChI is InChI=1S/C17H21ClN2/c1-20(15-8-3-2-4-9-15)17-14(12-18)11-13-7-5-6-10-16(13)19-17/h5-7,10-11,15H,2-4,8-9,12H2,1H3. The predicted molar refractivity (Wildman–Crippen MR) is 86.6 cm³/mol. The van der Waals surface area contributed by atoms with E-state index in [0.29, 0.717) is 11.9 Å². The summed E-state index contributed by atoms with van der Waals surface area (Å²) in [5, 5.41) is 1.17. The third kappa shape index (κ3) is 2.62. The largest absolute Gasteiger partial charge is 0.356 e.